The Morgan fingerprint density at radius 2 is 1.81 bits per heavy atom. The summed E-state index contributed by atoms with van der Waals surface area (Å²) in [5.41, 5.74) is 1.81. The van der Waals surface area contributed by atoms with Gasteiger partial charge >= 0.3 is 0 Å². The van der Waals surface area contributed by atoms with E-state index in [0.29, 0.717) is 13.2 Å². The molecule has 1 saturated heterocycles. The van der Waals surface area contributed by atoms with Crippen molar-refractivity contribution in [2.45, 2.75) is 44.8 Å². The van der Waals surface area contributed by atoms with Gasteiger partial charge in [0, 0.05) is 12.1 Å². The molecule has 0 radical (unpaired) electrons. The Kier molecular flexibility index (Phi) is 4.27. The molecule has 114 valence electrons. The molecular formula is C17H23NO3. The predicted octanol–water partition coefficient (Wildman–Crippen LogP) is 3.20. The first-order valence-corrected chi connectivity index (χ1v) is 7.99. The third kappa shape index (κ3) is 2.47. The van der Waals surface area contributed by atoms with E-state index in [2.05, 4.69) is 6.92 Å². The van der Waals surface area contributed by atoms with Gasteiger partial charge in [-0.3, -0.25) is 4.79 Å². The van der Waals surface area contributed by atoms with Crippen molar-refractivity contribution in [2.75, 3.05) is 24.7 Å². The second-order valence-electron chi connectivity index (χ2n) is 5.70. The lowest BCUT2D eigenvalue weighted by molar-refractivity contribution is -0.180. The summed E-state index contributed by atoms with van der Waals surface area (Å²) < 4.78 is 11.4. The average molecular weight is 289 g/mol. The lowest BCUT2D eigenvalue weighted by Crippen LogP contribution is -2.41. The highest BCUT2D eigenvalue weighted by molar-refractivity contribution is 6.06. The Morgan fingerprint density at radius 3 is 2.57 bits per heavy atom. The van der Waals surface area contributed by atoms with Crippen LogP contribution in [0.15, 0.2) is 24.3 Å². The van der Waals surface area contributed by atoms with E-state index in [4.69, 9.17) is 9.47 Å². The molecule has 0 saturated carbocycles. The van der Waals surface area contributed by atoms with Crippen molar-refractivity contribution in [3.63, 3.8) is 0 Å². The van der Waals surface area contributed by atoms with Crippen LogP contribution in [0.25, 0.3) is 0 Å². The summed E-state index contributed by atoms with van der Waals surface area (Å²) in [5, 5.41) is 0. The number of hydrogen-bond donors (Lipinski definition) is 0. The minimum absolute atomic E-state index is 0.0586. The number of hydrogen-bond acceptors (Lipinski definition) is 3. The fourth-order valence-corrected chi connectivity index (χ4v) is 3.18. The number of ether oxygens (including phenoxy) is 2. The van der Waals surface area contributed by atoms with Crippen molar-refractivity contribution in [3.8, 4) is 0 Å². The number of fused-ring (bicyclic) bond motifs is 2. The maximum Gasteiger partial charge on any atom is 0.292 e. The van der Waals surface area contributed by atoms with E-state index in [1.165, 1.54) is 19.3 Å². The van der Waals surface area contributed by atoms with Crippen LogP contribution in [0.3, 0.4) is 0 Å². The van der Waals surface area contributed by atoms with Gasteiger partial charge in [0.05, 0.1) is 18.9 Å². The molecule has 0 unspecified atom stereocenters. The largest absolute Gasteiger partial charge is 0.336 e. The Hall–Kier alpha value is -1.39. The van der Waals surface area contributed by atoms with Gasteiger partial charge in [-0.25, -0.2) is 0 Å². The molecule has 21 heavy (non-hydrogen) atoms. The van der Waals surface area contributed by atoms with Gasteiger partial charge in [-0.05, 0) is 12.5 Å². The van der Waals surface area contributed by atoms with E-state index in [0.717, 1.165) is 30.6 Å². The van der Waals surface area contributed by atoms with Crippen LogP contribution in [0, 0.1) is 0 Å². The van der Waals surface area contributed by atoms with E-state index in [9.17, 15) is 4.79 Å². The molecule has 3 rings (SSSR count). The molecule has 0 bridgehead atoms. The van der Waals surface area contributed by atoms with Crippen LogP contribution in [-0.2, 0) is 20.1 Å². The van der Waals surface area contributed by atoms with E-state index >= 15 is 0 Å². The maximum atomic E-state index is 12.8. The molecule has 4 heteroatoms. The number of unbranched alkanes of at least 4 members (excludes halogenated alkanes) is 4. The third-order valence-corrected chi connectivity index (χ3v) is 4.26. The Bertz CT molecular complexity index is 509. The monoisotopic (exact) mass is 289 g/mol. The van der Waals surface area contributed by atoms with Crippen LogP contribution in [0.2, 0.25) is 0 Å². The van der Waals surface area contributed by atoms with Gasteiger partial charge in [-0.2, -0.15) is 0 Å². The number of carbonyl (C=O) groups excluding carboxylic acids is 1. The molecule has 2 aliphatic heterocycles. The maximum absolute atomic E-state index is 12.8. The summed E-state index contributed by atoms with van der Waals surface area (Å²) in [7, 11) is 0. The number of rotatable bonds is 6. The van der Waals surface area contributed by atoms with Crippen LogP contribution < -0.4 is 4.90 Å². The summed E-state index contributed by atoms with van der Waals surface area (Å²) in [6.07, 6.45) is 5.92. The van der Waals surface area contributed by atoms with E-state index in [-0.39, 0.29) is 5.91 Å². The van der Waals surface area contributed by atoms with Crippen LogP contribution in [0.1, 0.15) is 44.6 Å². The summed E-state index contributed by atoms with van der Waals surface area (Å²) in [6, 6.07) is 7.82. The summed E-state index contributed by atoms with van der Waals surface area (Å²) in [6.45, 7) is 3.90. The topological polar surface area (TPSA) is 38.8 Å². The molecular weight excluding hydrogens is 266 g/mol. The highest BCUT2D eigenvalue weighted by Crippen LogP contribution is 2.45. The molecule has 4 nitrogen and oxygen atoms in total. The van der Waals surface area contributed by atoms with Crippen LogP contribution >= 0.6 is 0 Å². The van der Waals surface area contributed by atoms with Crippen molar-refractivity contribution in [3.05, 3.63) is 29.8 Å². The zero-order chi connectivity index (χ0) is 14.7. The molecule has 1 aromatic carbocycles. The molecule has 0 N–H and O–H groups in total. The minimum atomic E-state index is -1.17. The fraction of sp³-hybridized carbons (Fsp3) is 0.588. The lowest BCUT2D eigenvalue weighted by atomic mass is 10.1. The molecule has 2 aliphatic rings. The van der Waals surface area contributed by atoms with Crippen LogP contribution in [-0.4, -0.2) is 25.7 Å². The van der Waals surface area contributed by atoms with Gasteiger partial charge in [0.1, 0.15) is 0 Å². The highest BCUT2D eigenvalue weighted by Gasteiger charge is 2.55. The second-order valence-corrected chi connectivity index (χ2v) is 5.70. The van der Waals surface area contributed by atoms with Gasteiger partial charge in [0.15, 0.2) is 0 Å². The molecule has 1 aromatic rings. The van der Waals surface area contributed by atoms with Gasteiger partial charge < -0.3 is 14.4 Å². The molecule has 1 amide bonds. The van der Waals surface area contributed by atoms with Gasteiger partial charge in [0.25, 0.3) is 11.7 Å². The molecule has 0 aromatic heterocycles. The first-order valence-electron chi connectivity index (χ1n) is 7.99. The molecule has 2 heterocycles. The number of carbonyl (C=O) groups is 1. The Balaban J connectivity index is 1.74. The summed E-state index contributed by atoms with van der Waals surface area (Å²) >= 11 is 0. The number of nitrogens with zero attached hydrogens (tertiary/aromatic N) is 1. The van der Waals surface area contributed by atoms with E-state index < -0.39 is 5.79 Å². The normalized spacial score (nSPS) is 19.5. The standard InChI is InChI=1S/C17H23NO3/c1-2-3-4-5-8-11-18-15-10-7-6-9-14(15)17(16(18)19)20-12-13-21-17/h6-7,9-10H,2-5,8,11-13H2,1H3. The van der Waals surface area contributed by atoms with E-state index in [1.807, 2.05) is 29.2 Å². The number of benzene rings is 1. The predicted molar refractivity (Wildman–Crippen MR) is 81.1 cm³/mol. The SMILES string of the molecule is CCCCCCCN1C(=O)C2(OCCO2)c2ccccc21. The molecule has 1 fully saturated rings. The van der Waals surface area contributed by atoms with Crippen LogP contribution in [0.5, 0.6) is 0 Å². The summed E-state index contributed by atoms with van der Waals surface area (Å²) in [4.78, 5) is 14.6. The van der Waals surface area contributed by atoms with Crippen LogP contribution in [0.4, 0.5) is 5.69 Å². The van der Waals surface area contributed by atoms with Gasteiger partial charge in [0.2, 0.25) is 0 Å². The number of amides is 1. The van der Waals surface area contributed by atoms with Crippen molar-refractivity contribution < 1.29 is 14.3 Å². The Labute approximate surface area is 126 Å². The smallest absolute Gasteiger partial charge is 0.292 e. The second kappa shape index (κ2) is 6.16. The number of anilines is 1. The molecule has 1 spiro atoms. The molecule has 0 aliphatic carbocycles. The van der Waals surface area contributed by atoms with Crippen molar-refractivity contribution in [1.82, 2.24) is 0 Å². The third-order valence-electron chi connectivity index (χ3n) is 4.26. The first-order chi connectivity index (χ1) is 10.3. The molecule has 0 atom stereocenters. The first kappa shape index (κ1) is 14.5. The zero-order valence-corrected chi connectivity index (χ0v) is 12.6. The lowest BCUT2D eigenvalue weighted by Gasteiger charge is -2.22. The highest BCUT2D eigenvalue weighted by atomic mass is 16.7. The van der Waals surface area contributed by atoms with Crippen molar-refractivity contribution in [2.24, 2.45) is 0 Å². The average Bonchev–Trinajstić information content (AvgIpc) is 3.08. The minimum Gasteiger partial charge on any atom is -0.336 e. The quantitative estimate of drug-likeness (QED) is 0.755. The zero-order valence-electron chi connectivity index (χ0n) is 12.6. The van der Waals surface area contributed by atoms with Gasteiger partial charge in [-0.15, -0.1) is 0 Å². The van der Waals surface area contributed by atoms with Gasteiger partial charge in [-0.1, -0.05) is 50.8 Å². The Morgan fingerprint density at radius 1 is 1.10 bits per heavy atom. The van der Waals surface area contributed by atoms with Crippen molar-refractivity contribution >= 4 is 11.6 Å². The van der Waals surface area contributed by atoms with Crippen molar-refractivity contribution in [1.29, 1.82) is 0 Å². The number of para-hydroxylation sites is 1. The summed E-state index contributed by atoms with van der Waals surface area (Å²) in [5.74, 6) is -1.23. The fourth-order valence-electron chi connectivity index (χ4n) is 3.18. The van der Waals surface area contributed by atoms with E-state index in [1.54, 1.807) is 0 Å².